The number of carbonyl (C=O) groups excluding carboxylic acids is 1. The molecular formula is C17H27N3O3. The van der Waals surface area contributed by atoms with Crippen LogP contribution >= 0.6 is 0 Å². The third kappa shape index (κ3) is 4.84. The molecule has 0 spiro atoms. The highest BCUT2D eigenvalue weighted by Gasteiger charge is 2.22. The molecule has 1 aliphatic rings. The van der Waals surface area contributed by atoms with Gasteiger partial charge in [0.15, 0.2) is 0 Å². The van der Waals surface area contributed by atoms with Gasteiger partial charge in [0.2, 0.25) is 0 Å². The Hall–Kier alpha value is -1.79. The minimum Gasteiger partial charge on any atom is -0.497 e. The Morgan fingerprint density at radius 1 is 1.04 bits per heavy atom. The van der Waals surface area contributed by atoms with Crippen LogP contribution in [-0.4, -0.2) is 88.2 Å². The number of ether oxygens (including phenoxy) is 2. The fourth-order valence-electron chi connectivity index (χ4n) is 2.63. The van der Waals surface area contributed by atoms with Crippen molar-refractivity contribution in [3.05, 3.63) is 23.8 Å². The lowest BCUT2D eigenvalue weighted by atomic mass is 10.1. The maximum Gasteiger partial charge on any atom is 0.254 e. The van der Waals surface area contributed by atoms with Crippen LogP contribution in [0.25, 0.3) is 0 Å². The van der Waals surface area contributed by atoms with Crippen molar-refractivity contribution in [3.8, 4) is 11.5 Å². The number of hydrogen-bond acceptors (Lipinski definition) is 5. The predicted molar refractivity (Wildman–Crippen MR) is 90.4 cm³/mol. The molecule has 128 valence electrons. The van der Waals surface area contributed by atoms with Gasteiger partial charge in [-0.3, -0.25) is 9.69 Å². The van der Waals surface area contributed by atoms with E-state index < -0.39 is 0 Å². The summed E-state index contributed by atoms with van der Waals surface area (Å²) in [5.41, 5.74) is 0.614. The van der Waals surface area contributed by atoms with Crippen LogP contribution in [0.2, 0.25) is 0 Å². The normalized spacial score (nSPS) is 15.8. The molecular weight excluding hydrogens is 294 g/mol. The molecule has 1 saturated heterocycles. The molecule has 0 atom stereocenters. The number of methoxy groups -OCH3 is 2. The summed E-state index contributed by atoms with van der Waals surface area (Å²) in [6.45, 7) is 5.43. The second-order valence-corrected chi connectivity index (χ2v) is 6.04. The Bertz CT molecular complexity index is 504. The molecule has 0 saturated carbocycles. The predicted octanol–water partition coefficient (Wildman–Crippen LogP) is 1.02. The summed E-state index contributed by atoms with van der Waals surface area (Å²) >= 11 is 0. The molecule has 1 aromatic carbocycles. The van der Waals surface area contributed by atoms with E-state index in [0.717, 1.165) is 39.3 Å². The summed E-state index contributed by atoms with van der Waals surface area (Å²) < 4.78 is 10.5. The van der Waals surface area contributed by atoms with E-state index in [9.17, 15) is 4.79 Å². The van der Waals surface area contributed by atoms with E-state index in [1.807, 2.05) is 4.90 Å². The van der Waals surface area contributed by atoms with E-state index in [1.54, 1.807) is 32.4 Å². The van der Waals surface area contributed by atoms with Gasteiger partial charge in [0, 0.05) is 50.9 Å². The number of benzene rings is 1. The Labute approximate surface area is 138 Å². The fourth-order valence-corrected chi connectivity index (χ4v) is 2.63. The molecule has 0 unspecified atom stereocenters. The van der Waals surface area contributed by atoms with Gasteiger partial charge < -0.3 is 19.3 Å². The van der Waals surface area contributed by atoms with Crippen molar-refractivity contribution in [1.29, 1.82) is 0 Å². The Morgan fingerprint density at radius 2 is 1.61 bits per heavy atom. The van der Waals surface area contributed by atoms with Crippen LogP contribution in [0, 0.1) is 0 Å². The molecule has 0 radical (unpaired) electrons. The zero-order valence-corrected chi connectivity index (χ0v) is 14.5. The van der Waals surface area contributed by atoms with Gasteiger partial charge in [-0.05, 0) is 26.2 Å². The number of piperazine rings is 1. The largest absolute Gasteiger partial charge is 0.497 e. The van der Waals surface area contributed by atoms with Crippen molar-refractivity contribution in [3.63, 3.8) is 0 Å². The SMILES string of the molecule is COc1cc(OC)cc(C(=O)N2CCN(CCN(C)C)CC2)c1. The van der Waals surface area contributed by atoms with E-state index in [2.05, 4.69) is 23.9 Å². The fraction of sp³-hybridized carbons (Fsp3) is 0.588. The molecule has 1 fully saturated rings. The molecule has 23 heavy (non-hydrogen) atoms. The Balaban J connectivity index is 1.97. The molecule has 1 amide bonds. The quantitative estimate of drug-likeness (QED) is 0.783. The van der Waals surface area contributed by atoms with Crippen molar-refractivity contribution in [2.24, 2.45) is 0 Å². The van der Waals surface area contributed by atoms with E-state index in [-0.39, 0.29) is 5.91 Å². The first-order valence-corrected chi connectivity index (χ1v) is 7.93. The number of amides is 1. The number of nitrogens with zero attached hydrogens (tertiary/aromatic N) is 3. The topological polar surface area (TPSA) is 45.3 Å². The van der Waals surface area contributed by atoms with E-state index in [0.29, 0.717) is 17.1 Å². The lowest BCUT2D eigenvalue weighted by molar-refractivity contribution is 0.0629. The third-order valence-corrected chi connectivity index (χ3v) is 4.12. The molecule has 6 nitrogen and oxygen atoms in total. The van der Waals surface area contributed by atoms with Crippen molar-refractivity contribution >= 4 is 5.91 Å². The first-order valence-electron chi connectivity index (χ1n) is 7.93. The average Bonchev–Trinajstić information content (AvgIpc) is 2.59. The minimum absolute atomic E-state index is 0.0365. The summed E-state index contributed by atoms with van der Waals surface area (Å²) in [5, 5.41) is 0. The molecule has 6 heteroatoms. The highest BCUT2D eigenvalue weighted by Crippen LogP contribution is 2.23. The maximum absolute atomic E-state index is 12.7. The van der Waals surface area contributed by atoms with Crippen LogP contribution in [0.15, 0.2) is 18.2 Å². The molecule has 0 aliphatic carbocycles. The average molecular weight is 321 g/mol. The molecule has 1 aliphatic heterocycles. The number of likely N-dealkylation sites (N-methyl/N-ethyl adjacent to an activating group) is 1. The lowest BCUT2D eigenvalue weighted by Crippen LogP contribution is -2.49. The molecule has 0 bridgehead atoms. The zero-order chi connectivity index (χ0) is 16.8. The zero-order valence-electron chi connectivity index (χ0n) is 14.5. The minimum atomic E-state index is 0.0365. The first kappa shape index (κ1) is 17.6. The second-order valence-electron chi connectivity index (χ2n) is 6.04. The Kier molecular flexibility index (Phi) is 6.24. The first-order chi connectivity index (χ1) is 11.0. The maximum atomic E-state index is 12.7. The van der Waals surface area contributed by atoms with Crippen molar-refractivity contribution in [2.45, 2.75) is 0 Å². The van der Waals surface area contributed by atoms with Gasteiger partial charge in [-0.25, -0.2) is 0 Å². The molecule has 2 rings (SSSR count). The van der Waals surface area contributed by atoms with Gasteiger partial charge in [0.05, 0.1) is 14.2 Å². The van der Waals surface area contributed by atoms with Gasteiger partial charge >= 0.3 is 0 Å². The monoisotopic (exact) mass is 321 g/mol. The van der Waals surface area contributed by atoms with E-state index in [1.165, 1.54) is 0 Å². The smallest absolute Gasteiger partial charge is 0.254 e. The molecule has 1 heterocycles. The summed E-state index contributed by atoms with van der Waals surface area (Å²) in [7, 11) is 7.34. The lowest BCUT2D eigenvalue weighted by Gasteiger charge is -2.35. The van der Waals surface area contributed by atoms with E-state index in [4.69, 9.17) is 9.47 Å². The number of hydrogen-bond donors (Lipinski definition) is 0. The van der Waals surface area contributed by atoms with Gasteiger partial charge in [-0.2, -0.15) is 0 Å². The van der Waals surface area contributed by atoms with Crippen molar-refractivity contribution in [1.82, 2.24) is 14.7 Å². The van der Waals surface area contributed by atoms with E-state index >= 15 is 0 Å². The molecule has 0 N–H and O–H groups in total. The number of carbonyl (C=O) groups is 1. The van der Waals surface area contributed by atoms with Crippen LogP contribution in [-0.2, 0) is 0 Å². The van der Waals surface area contributed by atoms with Gasteiger partial charge in [-0.15, -0.1) is 0 Å². The van der Waals surface area contributed by atoms with Crippen LogP contribution in [0.3, 0.4) is 0 Å². The van der Waals surface area contributed by atoms with Crippen molar-refractivity contribution in [2.75, 3.05) is 67.6 Å². The summed E-state index contributed by atoms with van der Waals surface area (Å²) in [5.74, 6) is 1.31. The highest BCUT2D eigenvalue weighted by atomic mass is 16.5. The molecule has 1 aromatic rings. The van der Waals surface area contributed by atoms with Gasteiger partial charge in [0.1, 0.15) is 11.5 Å². The number of rotatable bonds is 6. The third-order valence-electron chi connectivity index (χ3n) is 4.12. The van der Waals surface area contributed by atoms with Crippen LogP contribution in [0.5, 0.6) is 11.5 Å². The van der Waals surface area contributed by atoms with Gasteiger partial charge in [-0.1, -0.05) is 0 Å². The van der Waals surface area contributed by atoms with Crippen LogP contribution in [0.4, 0.5) is 0 Å². The summed E-state index contributed by atoms with van der Waals surface area (Å²) in [6, 6.07) is 5.31. The standard InChI is InChI=1S/C17H27N3O3/c1-18(2)5-6-19-7-9-20(10-8-19)17(21)14-11-15(22-3)13-16(12-14)23-4/h11-13H,5-10H2,1-4H3. The van der Waals surface area contributed by atoms with Gasteiger partial charge in [0.25, 0.3) is 5.91 Å². The Morgan fingerprint density at radius 3 is 2.09 bits per heavy atom. The van der Waals surface area contributed by atoms with Crippen LogP contribution in [0.1, 0.15) is 10.4 Å². The molecule has 0 aromatic heterocycles. The van der Waals surface area contributed by atoms with Crippen molar-refractivity contribution < 1.29 is 14.3 Å². The highest BCUT2D eigenvalue weighted by molar-refractivity contribution is 5.95. The van der Waals surface area contributed by atoms with Crippen LogP contribution < -0.4 is 9.47 Å². The second kappa shape index (κ2) is 8.17. The summed E-state index contributed by atoms with van der Waals surface area (Å²) in [4.78, 5) is 19.2. The summed E-state index contributed by atoms with van der Waals surface area (Å²) in [6.07, 6.45) is 0.